The highest BCUT2D eigenvalue weighted by molar-refractivity contribution is 6.33. The molecule has 0 bridgehead atoms. The van der Waals surface area contributed by atoms with Crippen LogP contribution < -0.4 is 11.1 Å². The Morgan fingerprint density at radius 2 is 2.00 bits per heavy atom. The molecular formula is C16H14ClN3O. The summed E-state index contributed by atoms with van der Waals surface area (Å²) >= 11 is 6.01. The number of nitrogens with zero attached hydrogens (tertiary/aromatic N) is 1. The van der Waals surface area contributed by atoms with E-state index in [0.29, 0.717) is 16.3 Å². The summed E-state index contributed by atoms with van der Waals surface area (Å²) in [5.41, 5.74) is 7.81. The Morgan fingerprint density at radius 1 is 1.29 bits per heavy atom. The van der Waals surface area contributed by atoms with Crippen molar-refractivity contribution in [2.45, 2.75) is 12.5 Å². The number of nitriles is 1. The van der Waals surface area contributed by atoms with E-state index in [9.17, 15) is 4.79 Å². The lowest BCUT2D eigenvalue weighted by atomic mass is 10.0. The van der Waals surface area contributed by atoms with Crippen LogP contribution in [0.3, 0.4) is 0 Å². The normalized spacial score (nSPS) is 11.5. The number of hydrogen-bond donors (Lipinski definition) is 2. The Kier molecular flexibility index (Phi) is 4.94. The predicted molar refractivity (Wildman–Crippen MR) is 82.8 cm³/mol. The lowest BCUT2D eigenvalue weighted by Gasteiger charge is -2.12. The maximum atomic E-state index is 12.0. The zero-order valence-corrected chi connectivity index (χ0v) is 12.0. The summed E-state index contributed by atoms with van der Waals surface area (Å²) in [5.74, 6) is -0.224. The van der Waals surface area contributed by atoms with Crippen molar-refractivity contribution >= 4 is 23.2 Å². The molecule has 0 aliphatic rings. The van der Waals surface area contributed by atoms with Gasteiger partial charge in [0.15, 0.2) is 0 Å². The van der Waals surface area contributed by atoms with Gasteiger partial charge in [-0.1, -0.05) is 41.9 Å². The highest BCUT2D eigenvalue weighted by Gasteiger charge is 2.13. The molecule has 0 spiro atoms. The van der Waals surface area contributed by atoms with E-state index in [1.807, 2.05) is 36.4 Å². The molecule has 1 amide bonds. The first-order chi connectivity index (χ1) is 10.1. The summed E-state index contributed by atoms with van der Waals surface area (Å²) in [4.78, 5) is 12.0. The maximum absolute atomic E-state index is 12.0. The van der Waals surface area contributed by atoms with Gasteiger partial charge < -0.3 is 11.1 Å². The number of carbonyl (C=O) groups excluding carboxylic acids is 1. The number of nitrogens with one attached hydrogen (secondary N) is 1. The lowest BCUT2D eigenvalue weighted by molar-refractivity contribution is -0.116. The van der Waals surface area contributed by atoms with Crippen LogP contribution in [0.4, 0.5) is 5.69 Å². The molecule has 0 saturated carbocycles. The molecule has 5 heteroatoms. The average molecular weight is 300 g/mol. The third-order valence-electron chi connectivity index (χ3n) is 3.01. The second-order valence-electron chi connectivity index (χ2n) is 4.58. The van der Waals surface area contributed by atoms with Crippen molar-refractivity contribution in [1.82, 2.24) is 0 Å². The van der Waals surface area contributed by atoms with E-state index in [0.717, 1.165) is 5.56 Å². The molecule has 0 aliphatic carbocycles. The molecule has 3 N–H and O–H groups in total. The SMILES string of the molecule is N#Cc1ccc(NC(=O)CC(N)c2ccccc2)c(Cl)c1. The van der Waals surface area contributed by atoms with Crippen molar-refractivity contribution in [3.63, 3.8) is 0 Å². The first kappa shape index (κ1) is 15.0. The summed E-state index contributed by atoms with van der Waals surface area (Å²) in [5, 5.41) is 11.8. The molecule has 0 aliphatic heterocycles. The Bertz CT molecular complexity index is 680. The number of benzene rings is 2. The summed E-state index contributed by atoms with van der Waals surface area (Å²) in [7, 11) is 0. The van der Waals surface area contributed by atoms with Crippen LogP contribution in [-0.4, -0.2) is 5.91 Å². The third-order valence-corrected chi connectivity index (χ3v) is 3.32. The molecule has 106 valence electrons. The third kappa shape index (κ3) is 4.06. The van der Waals surface area contributed by atoms with Crippen LogP contribution in [0.2, 0.25) is 5.02 Å². The van der Waals surface area contributed by atoms with Crippen molar-refractivity contribution in [1.29, 1.82) is 5.26 Å². The second-order valence-corrected chi connectivity index (χ2v) is 4.98. The van der Waals surface area contributed by atoms with Crippen LogP contribution >= 0.6 is 11.6 Å². The summed E-state index contributed by atoms with van der Waals surface area (Å²) < 4.78 is 0. The van der Waals surface area contributed by atoms with E-state index in [4.69, 9.17) is 22.6 Å². The topological polar surface area (TPSA) is 78.9 Å². The molecule has 1 unspecified atom stereocenters. The van der Waals surface area contributed by atoms with Gasteiger partial charge in [0, 0.05) is 12.5 Å². The van der Waals surface area contributed by atoms with E-state index in [-0.39, 0.29) is 18.4 Å². The van der Waals surface area contributed by atoms with Gasteiger partial charge in [0.2, 0.25) is 5.91 Å². The van der Waals surface area contributed by atoms with Gasteiger partial charge in [0.25, 0.3) is 0 Å². The zero-order valence-electron chi connectivity index (χ0n) is 11.2. The molecule has 0 fully saturated rings. The van der Waals surface area contributed by atoms with Crippen molar-refractivity contribution < 1.29 is 4.79 Å². The Morgan fingerprint density at radius 3 is 2.62 bits per heavy atom. The van der Waals surface area contributed by atoms with Gasteiger partial charge in [-0.25, -0.2) is 0 Å². The molecule has 1 atom stereocenters. The number of anilines is 1. The van der Waals surface area contributed by atoms with Gasteiger partial charge >= 0.3 is 0 Å². The Hall–Kier alpha value is -2.35. The largest absolute Gasteiger partial charge is 0.325 e. The summed E-state index contributed by atoms with van der Waals surface area (Å²) in [6.07, 6.45) is 0.153. The molecule has 0 aromatic heterocycles. The average Bonchev–Trinajstić information content (AvgIpc) is 2.50. The van der Waals surface area contributed by atoms with E-state index in [1.54, 1.807) is 12.1 Å². The highest BCUT2D eigenvalue weighted by atomic mass is 35.5. The van der Waals surface area contributed by atoms with Crippen LogP contribution in [-0.2, 0) is 4.79 Å². The van der Waals surface area contributed by atoms with E-state index in [1.165, 1.54) is 6.07 Å². The molecule has 4 nitrogen and oxygen atoms in total. The first-order valence-electron chi connectivity index (χ1n) is 6.40. The van der Waals surface area contributed by atoms with Crippen LogP contribution in [0.15, 0.2) is 48.5 Å². The molecule has 2 rings (SSSR count). The van der Waals surface area contributed by atoms with E-state index >= 15 is 0 Å². The van der Waals surface area contributed by atoms with Gasteiger partial charge in [-0.3, -0.25) is 4.79 Å². The minimum Gasteiger partial charge on any atom is -0.325 e. The fourth-order valence-corrected chi connectivity index (χ4v) is 2.13. The Labute approximate surface area is 128 Å². The number of carbonyl (C=O) groups is 1. The van der Waals surface area contributed by atoms with Gasteiger partial charge in [0.05, 0.1) is 22.3 Å². The predicted octanol–water partition coefficient (Wildman–Crippen LogP) is 3.24. The van der Waals surface area contributed by atoms with Crippen LogP contribution in [0.25, 0.3) is 0 Å². The number of nitrogens with two attached hydrogens (primary N) is 1. The van der Waals surface area contributed by atoms with Crippen molar-refractivity contribution in [2.24, 2.45) is 5.73 Å². The Balaban J connectivity index is 2.01. The van der Waals surface area contributed by atoms with Crippen molar-refractivity contribution in [3.05, 3.63) is 64.7 Å². The van der Waals surface area contributed by atoms with Crippen LogP contribution in [0.1, 0.15) is 23.6 Å². The lowest BCUT2D eigenvalue weighted by Crippen LogP contribution is -2.20. The fourth-order valence-electron chi connectivity index (χ4n) is 1.91. The fraction of sp³-hybridized carbons (Fsp3) is 0.125. The summed E-state index contributed by atoms with van der Waals surface area (Å²) in [6.45, 7) is 0. The molecule has 0 saturated heterocycles. The van der Waals surface area contributed by atoms with Gasteiger partial charge in [-0.05, 0) is 23.8 Å². The molecule has 0 radical (unpaired) electrons. The summed E-state index contributed by atoms with van der Waals surface area (Å²) in [6, 6.07) is 15.7. The van der Waals surface area contributed by atoms with Crippen molar-refractivity contribution in [2.75, 3.05) is 5.32 Å². The zero-order chi connectivity index (χ0) is 15.2. The van der Waals surface area contributed by atoms with E-state index < -0.39 is 0 Å². The quantitative estimate of drug-likeness (QED) is 0.909. The van der Waals surface area contributed by atoms with Crippen molar-refractivity contribution in [3.8, 4) is 6.07 Å². The van der Waals surface area contributed by atoms with E-state index in [2.05, 4.69) is 5.32 Å². The second kappa shape index (κ2) is 6.89. The number of rotatable bonds is 4. The standard InChI is InChI=1S/C16H14ClN3O/c17-13-8-11(10-18)6-7-15(13)20-16(21)9-14(19)12-4-2-1-3-5-12/h1-8,14H,9,19H2,(H,20,21). The number of hydrogen-bond acceptors (Lipinski definition) is 3. The highest BCUT2D eigenvalue weighted by Crippen LogP contribution is 2.23. The van der Waals surface area contributed by atoms with Gasteiger partial charge in [-0.2, -0.15) is 5.26 Å². The maximum Gasteiger partial charge on any atom is 0.226 e. The van der Waals surface area contributed by atoms with Crippen LogP contribution in [0, 0.1) is 11.3 Å². The molecular weight excluding hydrogens is 286 g/mol. The number of amides is 1. The monoisotopic (exact) mass is 299 g/mol. The molecule has 2 aromatic rings. The van der Waals surface area contributed by atoms with Gasteiger partial charge in [0.1, 0.15) is 0 Å². The minimum atomic E-state index is -0.372. The molecule has 21 heavy (non-hydrogen) atoms. The van der Waals surface area contributed by atoms with Crippen LogP contribution in [0.5, 0.6) is 0 Å². The first-order valence-corrected chi connectivity index (χ1v) is 6.78. The number of halogens is 1. The van der Waals surface area contributed by atoms with Gasteiger partial charge in [-0.15, -0.1) is 0 Å². The molecule has 2 aromatic carbocycles. The minimum absolute atomic E-state index is 0.153. The molecule has 0 heterocycles. The smallest absolute Gasteiger partial charge is 0.226 e.